The van der Waals surface area contributed by atoms with E-state index in [0.717, 1.165) is 19.4 Å². The number of rotatable bonds is 7. The van der Waals surface area contributed by atoms with Crippen LogP contribution in [0.3, 0.4) is 0 Å². The summed E-state index contributed by atoms with van der Waals surface area (Å²) in [4.78, 5) is 14.4. The Morgan fingerprint density at radius 3 is 2.65 bits per heavy atom. The predicted octanol–water partition coefficient (Wildman–Crippen LogP) is 0.949. The first-order valence-corrected chi connectivity index (χ1v) is 10.6. The van der Waals surface area contributed by atoms with Crippen molar-refractivity contribution in [3.05, 3.63) is 24.3 Å². The van der Waals surface area contributed by atoms with Crippen LogP contribution >= 0.6 is 0 Å². The number of benzene rings is 1. The molecule has 7 nitrogen and oxygen atoms in total. The number of ether oxygens (including phenoxy) is 1. The number of nitrogens with zero attached hydrogens (tertiary/aromatic N) is 1. The topological polar surface area (TPSA) is 102 Å². The highest BCUT2D eigenvalue weighted by Gasteiger charge is 2.42. The van der Waals surface area contributed by atoms with Crippen LogP contribution in [-0.2, 0) is 14.8 Å². The number of amides is 1. The van der Waals surface area contributed by atoms with E-state index in [4.69, 9.17) is 10.5 Å². The van der Waals surface area contributed by atoms with Crippen molar-refractivity contribution in [3.8, 4) is 5.75 Å². The molecule has 144 valence electrons. The number of hydrogen-bond donors (Lipinski definition) is 2. The first-order valence-electron chi connectivity index (χ1n) is 9.16. The van der Waals surface area contributed by atoms with Crippen molar-refractivity contribution in [2.75, 3.05) is 26.2 Å². The highest BCUT2D eigenvalue weighted by atomic mass is 32.2. The molecule has 1 heterocycles. The minimum atomic E-state index is -3.63. The van der Waals surface area contributed by atoms with Gasteiger partial charge in [-0.05, 0) is 55.9 Å². The quantitative estimate of drug-likeness (QED) is 0.732. The summed E-state index contributed by atoms with van der Waals surface area (Å²) in [5.74, 6) is 1.52. The molecule has 0 bridgehead atoms. The molecule has 3 rings (SSSR count). The third kappa shape index (κ3) is 4.19. The van der Waals surface area contributed by atoms with Crippen molar-refractivity contribution >= 4 is 15.9 Å². The molecule has 0 aromatic heterocycles. The van der Waals surface area contributed by atoms with Crippen molar-refractivity contribution in [2.45, 2.75) is 37.1 Å². The number of nitrogens with two attached hydrogens (primary N) is 1. The molecule has 1 saturated heterocycles. The fourth-order valence-electron chi connectivity index (χ4n) is 3.93. The lowest BCUT2D eigenvalue weighted by Crippen LogP contribution is -2.35. The summed E-state index contributed by atoms with van der Waals surface area (Å²) >= 11 is 0. The Kier molecular flexibility index (Phi) is 5.84. The van der Waals surface area contributed by atoms with Crippen LogP contribution in [0.5, 0.6) is 5.75 Å². The molecule has 0 spiro atoms. The van der Waals surface area contributed by atoms with Crippen molar-refractivity contribution < 1.29 is 17.9 Å². The van der Waals surface area contributed by atoms with Gasteiger partial charge in [0.2, 0.25) is 15.9 Å². The van der Waals surface area contributed by atoms with E-state index in [1.807, 2.05) is 11.8 Å². The minimum Gasteiger partial charge on any atom is -0.494 e. The fourth-order valence-corrected chi connectivity index (χ4v) is 4.96. The summed E-state index contributed by atoms with van der Waals surface area (Å²) in [5.41, 5.74) is 6.09. The Hall–Kier alpha value is -1.64. The molecule has 2 aliphatic rings. The average Bonchev–Trinajstić information content (AvgIpc) is 3.18. The van der Waals surface area contributed by atoms with E-state index in [-0.39, 0.29) is 29.8 Å². The molecule has 1 aliphatic heterocycles. The minimum absolute atomic E-state index is 0.0130. The van der Waals surface area contributed by atoms with Crippen LogP contribution in [0.2, 0.25) is 0 Å². The van der Waals surface area contributed by atoms with Gasteiger partial charge in [-0.25, -0.2) is 13.1 Å². The summed E-state index contributed by atoms with van der Waals surface area (Å²) in [5, 5.41) is 0. The Labute approximate surface area is 154 Å². The van der Waals surface area contributed by atoms with Crippen molar-refractivity contribution in [1.29, 1.82) is 0 Å². The third-order valence-electron chi connectivity index (χ3n) is 5.34. The molecule has 3 atom stereocenters. The Bertz CT molecular complexity index is 735. The zero-order valence-corrected chi connectivity index (χ0v) is 15.9. The number of likely N-dealkylation sites (tertiary alicyclic amines) is 1. The summed E-state index contributed by atoms with van der Waals surface area (Å²) in [6.07, 6.45) is 2.28. The third-order valence-corrected chi connectivity index (χ3v) is 6.82. The fraction of sp³-hybridized carbons (Fsp3) is 0.611. The van der Waals surface area contributed by atoms with Crippen LogP contribution in [-0.4, -0.2) is 51.5 Å². The van der Waals surface area contributed by atoms with E-state index in [2.05, 4.69) is 4.72 Å². The van der Waals surface area contributed by atoms with E-state index in [0.29, 0.717) is 30.7 Å². The molecular formula is C18H27N3O4S. The maximum absolute atomic E-state index is 12.4. The van der Waals surface area contributed by atoms with Gasteiger partial charge in [0.25, 0.3) is 0 Å². The lowest BCUT2D eigenvalue weighted by molar-refractivity contribution is -0.130. The summed E-state index contributed by atoms with van der Waals surface area (Å²) < 4.78 is 32.4. The summed E-state index contributed by atoms with van der Waals surface area (Å²) in [6.45, 7) is 3.94. The Morgan fingerprint density at radius 1 is 1.27 bits per heavy atom. The Balaban J connectivity index is 1.48. The molecule has 3 unspecified atom stereocenters. The molecule has 1 amide bonds. The van der Waals surface area contributed by atoms with Gasteiger partial charge in [0, 0.05) is 32.1 Å². The average molecular weight is 381 g/mol. The van der Waals surface area contributed by atoms with E-state index < -0.39 is 10.0 Å². The standard InChI is InChI=1S/C18H27N3O4S/c1-2-25-14-4-6-15(7-5-14)26(23,24)20-10-9-18(22)21-11-13-3-8-17(19)16(13)12-21/h4-7,13,16-17,20H,2-3,8-12,19H2,1H3. The molecule has 0 radical (unpaired) electrons. The molecule has 2 fully saturated rings. The van der Waals surface area contributed by atoms with Gasteiger partial charge in [-0.1, -0.05) is 0 Å². The van der Waals surface area contributed by atoms with Gasteiger partial charge in [-0.15, -0.1) is 0 Å². The number of sulfonamides is 1. The lowest BCUT2D eigenvalue weighted by Gasteiger charge is -2.19. The van der Waals surface area contributed by atoms with Crippen molar-refractivity contribution in [2.24, 2.45) is 17.6 Å². The first-order chi connectivity index (χ1) is 12.4. The molecule has 1 aromatic rings. The van der Waals surface area contributed by atoms with Crippen LogP contribution in [0, 0.1) is 11.8 Å². The predicted molar refractivity (Wildman–Crippen MR) is 98.2 cm³/mol. The number of carbonyl (C=O) groups is 1. The molecule has 26 heavy (non-hydrogen) atoms. The number of hydrogen-bond acceptors (Lipinski definition) is 5. The summed E-state index contributed by atoms with van der Waals surface area (Å²) in [6, 6.07) is 6.43. The van der Waals surface area contributed by atoms with Gasteiger partial charge < -0.3 is 15.4 Å². The smallest absolute Gasteiger partial charge is 0.240 e. The van der Waals surface area contributed by atoms with Gasteiger partial charge in [-0.2, -0.15) is 0 Å². The molecule has 8 heteroatoms. The van der Waals surface area contributed by atoms with Gasteiger partial charge in [0.05, 0.1) is 11.5 Å². The van der Waals surface area contributed by atoms with E-state index in [1.165, 1.54) is 12.1 Å². The SMILES string of the molecule is CCOc1ccc(S(=O)(=O)NCCC(=O)N2CC3CCC(N)C3C2)cc1. The van der Waals surface area contributed by atoms with Gasteiger partial charge in [0.15, 0.2) is 0 Å². The second kappa shape index (κ2) is 7.94. The van der Waals surface area contributed by atoms with E-state index in [9.17, 15) is 13.2 Å². The van der Waals surface area contributed by atoms with Crippen LogP contribution in [0.1, 0.15) is 26.2 Å². The van der Waals surface area contributed by atoms with Crippen molar-refractivity contribution in [3.63, 3.8) is 0 Å². The van der Waals surface area contributed by atoms with E-state index in [1.54, 1.807) is 12.1 Å². The molecule has 1 saturated carbocycles. The highest BCUT2D eigenvalue weighted by Crippen LogP contribution is 2.37. The maximum Gasteiger partial charge on any atom is 0.240 e. The van der Waals surface area contributed by atoms with Gasteiger partial charge in [-0.3, -0.25) is 4.79 Å². The zero-order valence-electron chi connectivity index (χ0n) is 15.1. The molecular weight excluding hydrogens is 354 g/mol. The molecule has 3 N–H and O–H groups in total. The number of nitrogens with one attached hydrogen (secondary N) is 1. The molecule has 1 aromatic carbocycles. The normalized spacial score (nSPS) is 25.3. The Morgan fingerprint density at radius 2 is 2.00 bits per heavy atom. The van der Waals surface area contributed by atoms with Gasteiger partial charge in [0.1, 0.15) is 5.75 Å². The lowest BCUT2D eigenvalue weighted by atomic mass is 9.98. The van der Waals surface area contributed by atoms with Crippen LogP contribution < -0.4 is 15.2 Å². The van der Waals surface area contributed by atoms with E-state index >= 15 is 0 Å². The first kappa shape index (κ1) is 19.1. The monoisotopic (exact) mass is 381 g/mol. The number of carbonyl (C=O) groups excluding carboxylic acids is 1. The maximum atomic E-state index is 12.4. The summed E-state index contributed by atoms with van der Waals surface area (Å²) in [7, 11) is -3.63. The van der Waals surface area contributed by atoms with Crippen LogP contribution in [0.4, 0.5) is 0 Å². The largest absolute Gasteiger partial charge is 0.494 e. The highest BCUT2D eigenvalue weighted by molar-refractivity contribution is 7.89. The zero-order chi connectivity index (χ0) is 18.7. The second-order valence-corrected chi connectivity index (χ2v) is 8.78. The number of fused-ring (bicyclic) bond motifs is 1. The van der Waals surface area contributed by atoms with Crippen molar-refractivity contribution in [1.82, 2.24) is 9.62 Å². The van der Waals surface area contributed by atoms with Crippen LogP contribution in [0.25, 0.3) is 0 Å². The van der Waals surface area contributed by atoms with Gasteiger partial charge >= 0.3 is 0 Å². The second-order valence-electron chi connectivity index (χ2n) is 7.02. The molecule has 1 aliphatic carbocycles. The van der Waals surface area contributed by atoms with Crippen LogP contribution in [0.15, 0.2) is 29.2 Å².